The van der Waals surface area contributed by atoms with Crippen LogP contribution in [0.5, 0.6) is 0 Å². The number of fused-ring (bicyclic) bond motifs is 1. The van der Waals surface area contributed by atoms with Gasteiger partial charge in [-0.25, -0.2) is 8.78 Å². The van der Waals surface area contributed by atoms with Gasteiger partial charge in [0.25, 0.3) is 0 Å². The number of aromatic amines is 1. The van der Waals surface area contributed by atoms with Gasteiger partial charge in [-0.05, 0) is 31.3 Å². The molecule has 1 fully saturated rings. The van der Waals surface area contributed by atoms with E-state index in [0.29, 0.717) is 23.5 Å². The first kappa shape index (κ1) is 14.6. The molecule has 0 radical (unpaired) electrons. The maximum absolute atomic E-state index is 14.1. The van der Waals surface area contributed by atoms with Crippen LogP contribution in [0.25, 0.3) is 11.0 Å². The lowest BCUT2D eigenvalue weighted by atomic mass is 10.2. The molecular formula is C14H17F2N3OS. The molecule has 1 N–H and O–H groups in total. The Bertz CT molecular complexity index is 706. The van der Waals surface area contributed by atoms with Crippen LogP contribution in [0.4, 0.5) is 8.78 Å². The number of benzene rings is 1. The number of aromatic nitrogens is 2. The molecule has 0 spiro atoms. The number of hydrogen-bond acceptors (Lipinski definition) is 3. The Hall–Kier alpha value is -1.31. The molecule has 1 aromatic carbocycles. The molecule has 3 rings (SSSR count). The molecule has 0 amide bonds. The molecule has 2 heterocycles. The molecule has 2 aromatic rings. The molecule has 21 heavy (non-hydrogen) atoms. The molecule has 0 saturated carbocycles. The predicted molar refractivity (Wildman–Crippen MR) is 79.0 cm³/mol. The van der Waals surface area contributed by atoms with E-state index in [1.807, 2.05) is 6.92 Å². The Morgan fingerprint density at radius 2 is 2.05 bits per heavy atom. The van der Waals surface area contributed by atoms with Crippen molar-refractivity contribution in [1.29, 1.82) is 0 Å². The van der Waals surface area contributed by atoms with Gasteiger partial charge in [0.05, 0.1) is 18.7 Å². The summed E-state index contributed by atoms with van der Waals surface area (Å²) in [6.07, 6.45) is 0. The van der Waals surface area contributed by atoms with Crippen molar-refractivity contribution in [2.24, 2.45) is 0 Å². The van der Waals surface area contributed by atoms with Crippen LogP contribution in [0, 0.1) is 16.4 Å². The van der Waals surface area contributed by atoms with E-state index in [1.54, 1.807) is 4.57 Å². The number of rotatable bonds is 3. The highest BCUT2D eigenvalue weighted by Crippen LogP contribution is 2.24. The summed E-state index contributed by atoms with van der Waals surface area (Å²) < 4.78 is 35.0. The number of imidazole rings is 1. The van der Waals surface area contributed by atoms with Crippen molar-refractivity contribution < 1.29 is 13.5 Å². The van der Waals surface area contributed by atoms with E-state index in [0.717, 1.165) is 25.7 Å². The maximum Gasteiger partial charge on any atom is 0.184 e. The van der Waals surface area contributed by atoms with E-state index in [-0.39, 0.29) is 11.6 Å². The lowest BCUT2D eigenvalue weighted by Gasteiger charge is -2.29. The average Bonchev–Trinajstić information content (AvgIpc) is 2.81. The van der Waals surface area contributed by atoms with Crippen molar-refractivity contribution in [3.8, 4) is 0 Å². The third kappa shape index (κ3) is 2.73. The SMILES string of the molecule is CC(CN1CCOCC1)n1c(=S)[nH]c2ccc(F)c(F)c21. The fraction of sp³-hybridized carbons (Fsp3) is 0.500. The molecule has 1 aliphatic rings. The summed E-state index contributed by atoms with van der Waals surface area (Å²) in [5, 5.41) is 0. The minimum atomic E-state index is -0.858. The highest BCUT2D eigenvalue weighted by Gasteiger charge is 2.20. The van der Waals surface area contributed by atoms with E-state index >= 15 is 0 Å². The second kappa shape index (κ2) is 5.82. The summed E-state index contributed by atoms with van der Waals surface area (Å²) in [5.41, 5.74) is 0.730. The molecule has 1 aromatic heterocycles. The summed E-state index contributed by atoms with van der Waals surface area (Å²) in [5.74, 6) is -1.71. The summed E-state index contributed by atoms with van der Waals surface area (Å²) in [7, 11) is 0. The van der Waals surface area contributed by atoms with Gasteiger partial charge in [0.15, 0.2) is 16.4 Å². The van der Waals surface area contributed by atoms with Gasteiger partial charge in [0.1, 0.15) is 5.52 Å². The number of H-pyrrole nitrogens is 1. The van der Waals surface area contributed by atoms with Gasteiger partial charge in [-0.2, -0.15) is 0 Å². The second-order valence-electron chi connectivity index (χ2n) is 5.32. The third-order valence-electron chi connectivity index (χ3n) is 3.84. The van der Waals surface area contributed by atoms with Crippen LogP contribution < -0.4 is 0 Å². The highest BCUT2D eigenvalue weighted by molar-refractivity contribution is 7.71. The lowest BCUT2D eigenvalue weighted by molar-refractivity contribution is 0.0327. The van der Waals surface area contributed by atoms with Gasteiger partial charge in [0.2, 0.25) is 0 Å². The topological polar surface area (TPSA) is 33.2 Å². The second-order valence-corrected chi connectivity index (χ2v) is 5.71. The van der Waals surface area contributed by atoms with Crippen molar-refractivity contribution in [1.82, 2.24) is 14.5 Å². The van der Waals surface area contributed by atoms with Gasteiger partial charge >= 0.3 is 0 Å². The fourth-order valence-electron chi connectivity index (χ4n) is 2.81. The maximum atomic E-state index is 14.1. The average molecular weight is 313 g/mol. The largest absolute Gasteiger partial charge is 0.379 e. The lowest BCUT2D eigenvalue weighted by Crippen LogP contribution is -2.39. The number of morpholine rings is 1. The van der Waals surface area contributed by atoms with Crippen molar-refractivity contribution in [3.63, 3.8) is 0 Å². The number of nitrogens with zero attached hydrogens (tertiary/aromatic N) is 2. The normalized spacial score (nSPS) is 18.2. The van der Waals surface area contributed by atoms with Crippen LogP contribution in [0.2, 0.25) is 0 Å². The smallest absolute Gasteiger partial charge is 0.184 e. The zero-order chi connectivity index (χ0) is 15.0. The minimum Gasteiger partial charge on any atom is -0.379 e. The minimum absolute atomic E-state index is 0.0550. The molecular weight excluding hydrogens is 296 g/mol. The summed E-state index contributed by atoms with van der Waals surface area (Å²) in [6.45, 7) is 5.78. The first-order chi connectivity index (χ1) is 10.1. The fourth-order valence-corrected chi connectivity index (χ4v) is 3.19. The third-order valence-corrected chi connectivity index (χ3v) is 4.14. The Balaban J connectivity index is 1.97. The molecule has 0 aliphatic carbocycles. The van der Waals surface area contributed by atoms with Crippen molar-refractivity contribution in [3.05, 3.63) is 28.5 Å². The Kier molecular flexibility index (Phi) is 4.05. The van der Waals surface area contributed by atoms with Crippen molar-refractivity contribution in [2.75, 3.05) is 32.8 Å². The van der Waals surface area contributed by atoms with Crippen LogP contribution in [-0.2, 0) is 4.74 Å². The summed E-state index contributed by atoms with van der Waals surface area (Å²) in [6, 6.07) is 2.57. The Labute approximate surface area is 126 Å². The van der Waals surface area contributed by atoms with Crippen molar-refractivity contribution in [2.45, 2.75) is 13.0 Å². The number of halogens is 2. The zero-order valence-corrected chi connectivity index (χ0v) is 12.6. The number of hydrogen-bond donors (Lipinski definition) is 1. The standard InChI is InChI=1S/C14H17F2N3OS/c1-9(8-18-4-6-20-7-5-18)19-13-11(17-14(19)21)3-2-10(15)12(13)16/h2-3,9H,4-8H2,1H3,(H,17,21). The van der Waals surface area contributed by atoms with E-state index in [1.165, 1.54) is 6.07 Å². The van der Waals surface area contributed by atoms with E-state index in [4.69, 9.17) is 17.0 Å². The molecule has 1 unspecified atom stereocenters. The molecule has 0 bridgehead atoms. The van der Waals surface area contributed by atoms with Gasteiger partial charge < -0.3 is 14.3 Å². The Morgan fingerprint density at radius 1 is 1.33 bits per heavy atom. The van der Waals surface area contributed by atoms with Gasteiger partial charge in [-0.1, -0.05) is 0 Å². The zero-order valence-electron chi connectivity index (χ0n) is 11.7. The first-order valence-electron chi connectivity index (χ1n) is 6.96. The van der Waals surface area contributed by atoms with Gasteiger partial charge in [-0.3, -0.25) is 4.90 Å². The number of ether oxygens (including phenoxy) is 1. The number of nitrogens with one attached hydrogen (secondary N) is 1. The Morgan fingerprint density at radius 3 is 2.76 bits per heavy atom. The molecule has 4 nitrogen and oxygen atoms in total. The molecule has 7 heteroatoms. The van der Waals surface area contributed by atoms with Gasteiger partial charge in [0, 0.05) is 25.7 Å². The van der Waals surface area contributed by atoms with E-state index in [2.05, 4.69) is 9.88 Å². The molecule has 114 valence electrons. The molecule has 1 atom stereocenters. The highest BCUT2D eigenvalue weighted by atomic mass is 32.1. The summed E-state index contributed by atoms with van der Waals surface area (Å²) in [4.78, 5) is 5.18. The van der Waals surface area contributed by atoms with E-state index in [9.17, 15) is 8.78 Å². The van der Waals surface area contributed by atoms with Gasteiger partial charge in [-0.15, -0.1) is 0 Å². The first-order valence-corrected chi connectivity index (χ1v) is 7.37. The summed E-state index contributed by atoms with van der Waals surface area (Å²) >= 11 is 5.27. The quantitative estimate of drug-likeness (QED) is 0.885. The van der Waals surface area contributed by atoms with Crippen LogP contribution in [0.3, 0.4) is 0 Å². The van der Waals surface area contributed by atoms with Crippen LogP contribution in [0.1, 0.15) is 13.0 Å². The monoisotopic (exact) mass is 313 g/mol. The molecule has 1 saturated heterocycles. The van der Waals surface area contributed by atoms with Crippen LogP contribution >= 0.6 is 12.2 Å². The predicted octanol–water partition coefficient (Wildman–Crippen LogP) is 2.87. The van der Waals surface area contributed by atoms with E-state index < -0.39 is 11.6 Å². The van der Waals surface area contributed by atoms with Crippen LogP contribution in [-0.4, -0.2) is 47.3 Å². The molecule has 1 aliphatic heterocycles. The van der Waals surface area contributed by atoms with Crippen LogP contribution in [0.15, 0.2) is 12.1 Å². The van der Waals surface area contributed by atoms with Crippen molar-refractivity contribution >= 4 is 23.3 Å².